The van der Waals surface area contributed by atoms with Gasteiger partial charge in [-0.3, -0.25) is 24.8 Å². The lowest BCUT2D eigenvalue weighted by molar-refractivity contribution is -0.116. The highest BCUT2D eigenvalue weighted by molar-refractivity contribution is 5.95. The Bertz CT molecular complexity index is 1710. The maximum Gasteiger partial charge on any atom is 0.224 e. The van der Waals surface area contributed by atoms with Crippen LogP contribution in [0.4, 0.5) is 5.69 Å². The predicted octanol–water partition coefficient (Wildman–Crippen LogP) is 4.76. The number of aromatic amines is 2. The van der Waals surface area contributed by atoms with E-state index in [1.807, 2.05) is 43.3 Å². The summed E-state index contributed by atoms with van der Waals surface area (Å²) >= 11 is 0. The number of nitrogens with one attached hydrogen (secondary N) is 3. The molecule has 176 valence electrons. The van der Waals surface area contributed by atoms with E-state index in [0.717, 1.165) is 39.8 Å². The molecule has 6 rings (SSSR count). The standard InChI is InChI=1S/C26H21N9O/c1-2-5-22(36)30-16-10-15(11-27-12-16)18-7-8-20-24(31-18)25(35-34-20)26-32-21-14-28-13-17(23(21)33-26)19-6-3-4-9-29-19/h3-4,6-14H,2,5H2,1H3,(H,30,36)(H,32,33)(H,34,35). The summed E-state index contributed by atoms with van der Waals surface area (Å²) in [6.45, 7) is 1.97. The highest BCUT2D eigenvalue weighted by Gasteiger charge is 2.17. The summed E-state index contributed by atoms with van der Waals surface area (Å²) in [6.07, 6.45) is 9.82. The molecular weight excluding hydrogens is 454 g/mol. The summed E-state index contributed by atoms with van der Waals surface area (Å²) in [5.41, 5.74) is 7.31. The Balaban J connectivity index is 1.40. The fourth-order valence-electron chi connectivity index (χ4n) is 4.08. The number of fused-ring (bicyclic) bond motifs is 2. The smallest absolute Gasteiger partial charge is 0.224 e. The summed E-state index contributed by atoms with van der Waals surface area (Å²) in [5, 5.41) is 10.4. The molecule has 0 unspecified atom stereocenters. The first-order valence-corrected chi connectivity index (χ1v) is 11.6. The van der Waals surface area contributed by atoms with Crippen molar-refractivity contribution in [3.05, 3.63) is 67.4 Å². The summed E-state index contributed by atoms with van der Waals surface area (Å²) in [4.78, 5) is 38.1. The Kier molecular flexibility index (Phi) is 5.38. The molecule has 0 saturated carbocycles. The molecule has 6 aromatic heterocycles. The van der Waals surface area contributed by atoms with Gasteiger partial charge in [0.15, 0.2) is 11.5 Å². The minimum Gasteiger partial charge on any atom is -0.335 e. The highest BCUT2D eigenvalue weighted by atomic mass is 16.1. The van der Waals surface area contributed by atoms with Crippen LogP contribution in [0.1, 0.15) is 19.8 Å². The molecule has 0 aliphatic heterocycles. The summed E-state index contributed by atoms with van der Waals surface area (Å²) in [5.74, 6) is 0.534. The predicted molar refractivity (Wildman–Crippen MR) is 137 cm³/mol. The van der Waals surface area contributed by atoms with Gasteiger partial charge in [-0.15, -0.1) is 0 Å². The first-order valence-electron chi connectivity index (χ1n) is 11.6. The van der Waals surface area contributed by atoms with E-state index in [1.165, 1.54) is 0 Å². The zero-order valence-corrected chi connectivity index (χ0v) is 19.4. The lowest BCUT2D eigenvalue weighted by Gasteiger charge is -2.06. The molecule has 0 atom stereocenters. The number of rotatable bonds is 6. The van der Waals surface area contributed by atoms with Gasteiger partial charge in [-0.25, -0.2) is 9.97 Å². The van der Waals surface area contributed by atoms with Gasteiger partial charge in [0.25, 0.3) is 0 Å². The molecule has 0 spiro atoms. The molecule has 0 aliphatic rings. The monoisotopic (exact) mass is 475 g/mol. The Morgan fingerprint density at radius 3 is 2.72 bits per heavy atom. The fraction of sp³-hybridized carbons (Fsp3) is 0.115. The molecule has 6 aromatic rings. The fourth-order valence-corrected chi connectivity index (χ4v) is 4.08. The van der Waals surface area contributed by atoms with Crippen LogP contribution in [0.5, 0.6) is 0 Å². The molecule has 0 bridgehead atoms. The minimum atomic E-state index is -0.0403. The number of hydrogen-bond acceptors (Lipinski definition) is 7. The van der Waals surface area contributed by atoms with E-state index in [1.54, 1.807) is 31.0 Å². The quantitative estimate of drug-likeness (QED) is 0.316. The van der Waals surface area contributed by atoms with Crippen molar-refractivity contribution in [3.8, 4) is 34.0 Å². The zero-order valence-electron chi connectivity index (χ0n) is 19.4. The molecule has 1 amide bonds. The lowest BCUT2D eigenvalue weighted by atomic mass is 10.1. The Morgan fingerprint density at radius 1 is 0.944 bits per heavy atom. The van der Waals surface area contributed by atoms with Crippen molar-refractivity contribution in [2.75, 3.05) is 5.32 Å². The number of amides is 1. The van der Waals surface area contributed by atoms with Crippen molar-refractivity contribution in [2.24, 2.45) is 0 Å². The lowest BCUT2D eigenvalue weighted by Crippen LogP contribution is -2.10. The van der Waals surface area contributed by atoms with Crippen LogP contribution in [0.25, 0.3) is 56.1 Å². The van der Waals surface area contributed by atoms with E-state index < -0.39 is 0 Å². The highest BCUT2D eigenvalue weighted by Crippen LogP contribution is 2.30. The van der Waals surface area contributed by atoms with Crippen molar-refractivity contribution < 1.29 is 4.79 Å². The van der Waals surface area contributed by atoms with Gasteiger partial charge in [0, 0.05) is 36.1 Å². The molecule has 0 aliphatic carbocycles. The number of nitrogens with zero attached hydrogens (tertiary/aromatic N) is 6. The van der Waals surface area contributed by atoms with Crippen molar-refractivity contribution in [1.82, 2.24) is 40.1 Å². The summed E-state index contributed by atoms with van der Waals surface area (Å²) in [7, 11) is 0. The topological polar surface area (TPSA) is 138 Å². The van der Waals surface area contributed by atoms with E-state index in [9.17, 15) is 4.79 Å². The second-order valence-corrected chi connectivity index (χ2v) is 8.31. The molecule has 10 nitrogen and oxygen atoms in total. The molecule has 6 heterocycles. The average molecular weight is 476 g/mol. The zero-order chi connectivity index (χ0) is 24.5. The van der Waals surface area contributed by atoms with Gasteiger partial charge >= 0.3 is 0 Å². The third-order valence-electron chi connectivity index (χ3n) is 5.76. The number of hydrogen-bond donors (Lipinski definition) is 3. The van der Waals surface area contributed by atoms with E-state index in [2.05, 4.69) is 35.5 Å². The molecule has 0 fully saturated rings. The maximum atomic E-state index is 12.0. The number of H-pyrrole nitrogens is 2. The Labute approximate surface area is 205 Å². The number of carbonyl (C=O) groups is 1. The van der Waals surface area contributed by atoms with E-state index in [0.29, 0.717) is 34.8 Å². The largest absolute Gasteiger partial charge is 0.335 e. The number of carbonyl (C=O) groups excluding carboxylic acids is 1. The van der Waals surface area contributed by atoms with Gasteiger partial charge in [-0.2, -0.15) is 5.10 Å². The maximum absolute atomic E-state index is 12.0. The SMILES string of the molecule is CCCC(=O)Nc1cncc(-c2ccc3[nH]nc(-c4nc5c(-c6ccccn6)cncc5[nH]4)c3n2)c1. The van der Waals surface area contributed by atoms with Gasteiger partial charge in [0.2, 0.25) is 5.91 Å². The molecular formula is C26H21N9O. The molecule has 0 saturated heterocycles. The van der Waals surface area contributed by atoms with Crippen molar-refractivity contribution in [3.63, 3.8) is 0 Å². The van der Waals surface area contributed by atoms with E-state index >= 15 is 0 Å². The number of aromatic nitrogens is 8. The van der Waals surface area contributed by atoms with Crippen molar-refractivity contribution in [2.45, 2.75) is 19.8 Å². The van der Waals surface area contributed by atoms with Crippen molar-refractivity contribution >= 4 is 33.7 Å². The summed E-state index contributed by atoms with van der Waals surface area (Å²) in [6, 6.07) is 11.4. The van der Waals surface area contributed by atoms with Gasteiger partial charge in [-0.05, 0) is 36.8 Å². The van der Waals surface area contributed by atoms with Gasteiger partial charge in [0.05, 0.1) is 40.5 Å². The second-order valence-electron chi connectivity index (χ2n) is 8.31. The number of imidazole rings is 1. The van der Waals surface area contributed by atoms with Gasteiger partial charge in [-0.1, -0.05) is 13.0 Å². The summed E-state index contributed by atoms with van der Waals surface area (Å²) < 4.78 is 0. The number of pyridine rings is 4. The van der Waals surface area contributed by atoms with Crippen LogP contribution in [-0.4, -0.2) is 46.0 Å². The van der Waals surface area contributed by atoms with Crippen LogP contribution in [-0.2, 0) is 4.79 Å². The molecule has 3 N–H and O–H groups in total. The van der Waals surface area contributed by atoms with E-state index in [-0.39, 0.29) is 5.91 Å². The first kappa shape index (κ1) is 21.5. The normalized spacial score (nSPS) is 11.2. The van der Waals surface area contributed by atoms with Crippen LogP contribution in [0.2, 0.25) is 0 Å². The first-order chi connectivity index (χ1) is 17.7. The Morgan fingerprint density at radius 2 is 1.86 bits per heavy atom. The van der Waals surface area contributed by atoms with Crippen LogP contribution in [0.3, 0.4) is 0 Å². The Hall–Kier alpha value is -4.99. The molecule has 10 heteroatoms. The van der Waals surface area contributed by atoms with Gasteiger partial charge in [0.1, 0.15) is 11.0 Å². The average Bonchev–Trinajstić information content (AvgIpc) is 3.53. The van der Waals surface area contributed by atoms with E-state index in [4.69, 9.17) is 9.97 Å². The van der Waals surface area contributed by atoms with Crippen molar-refractivity contribution in [1.29, 1.82) is 0 Å². The van der Waals surface area contributed by atoms with Crippen LogP contribution >= 0.6 is 0 Å². The molecule has 0 radical (unpaired) electrons. The molecule has 36 heavy (non-hydrogen) atoms. The van der Waals surface area contributed by atoms with Crippen LogP contribution in [0, 0.1) is 0 Å². The van der Waals surface area contributed by atoms with Gasteiger partial charge < -0.3 is 10.3 Å². The number of anilines is 1. The third kappa shape index (κ3) is 3.94. The molecule has 0 aromatic carbocycles. The van der Waals surface area contributed by atoms with Crippen LogP contribution in [0.15, 0.2) is 67.4 Å². The third-order valence-corrected chi connectivity index (χ3v) is 5.76. The second kappa shape index (κ2) is 8.99. The minimum absolute atomic E-state index is 0.0403. The van der Waals surface area contributed by atoms with Crippen LogP contribution < -0.4 is 5.32 Å².